The number of nitrogens with two attached hydrogens (primary N) is 1. The zero-order valence-corrected chi connectivity index (χ0v) is 26.6. The normalized spacial score (nSPS) is 17.8. The van der Waals surface area contributed by atoms with Gasteiger partial charge >= 0.3 is 0 Å². The van der Waals surface area contributed by atoms with E-state index in [2.05, 4.69) is 50.4 Å². The zero-order chi connectivity index (χ0) is 29.8. The fourth-order valence-electron chi connectivity index (χ4n) is 6.08. The van der Waals surface area contributed by atoms with Gasteiger partial charge in [0.05, 0.1) is 11.5 Å². The number of carbonyl (C=O) groups excluding carboxylic acids is 2. The maximum atomic E-state index is 14.6. The smallest absolute Gasteiger partial charge is 0.244 e. The molecule has 3 rings (SSSR count). The fraction of sp³-hybridized carbons (Fsp3) is 0.486. The number of rotatable bonds is 16. The molecule has 4 N–H and O–H groups in total. The summed E-state index contributed by atoms with van der Waals surface area (Å²) in [5.41, 5.74) is 9.56. The molecule has 0 spiro atoms. The minimum atomic E-state index is -1.09. The molecule has 0 heterocycles. The van der Waals surface area contributed by atoms with Crippen molar-refractivity contribution in [1.82, 2.24) is 10.2 Å². The predicted octanol–water partition coefficient (Wildman–Crippen LogP) is 5.56. The van der Waals surface area contributed by atoms with Gasteiger partial charge in [0.2, 0.25) is 11.8 Å². The van der Waals surface area contributed by atoms with Crippen LogP contribution < -0.4 is 11.1 Å². The van der Waals surface area contributed by atoms with Crippen molar-refractivity contribution in [3.63, 3.8) is 0 Å². The highest BCUT2D eigenvalue weighted by Crippen LogP contribution is 2.45. The number of hydrogen-bond acceptors (Lipinski definition) is 4. The summed E-state index contributed by atoms with van der Waals surface area (Å²) in [5, 5.41) is 15.3. The SMILES string of the molecule is CCCN(CCC)C(=O)C1([C@H](Cc2ccccc2)[C@@H](O)CNCCCc2ccc(C)cc2)C=C(C)C=C(C(N)=O)C1.Cl. The number of allylic oxidation sites excluding steroid dienone is 2. The van der Waals surface area contributed by atoms with Crippen molar-refractivity contribution in [3.8, 4) is 0 Å². The quantitative estimate of drug-likeness (QED) is 0.222. The molecule has 0 saturated heterocycles. The summed E-state index contributed by atoms with van der Waals surface area (Å²) < 4.78 is 0. The van der Waals surface area contributed by atoms with Crippen LogP contribution in [0.4, 0.5) is 0 Å². The average molecular weight is 596 g/mol. The number of halogens is 1. The maximum absolute atomic E-state index is 14.6. The molecule has 0 saturated carbocycles. The first-order valence-corrected chi connectivity index (χ1v) is 15.2. The minimum Gasteiger partial charge on any atom is -0.391 e. The molecule has 2 amide bonds. The van der Waals surface area contributed by atoms with Gasteiger partial charge in [-0.1, -0.05) is 91.7 Å². The fourth-order valence-corrected chi connectivity index (χ4v) is 6.08. The van der Waals surface area contributed by atoms with Crippen molar-refractivity contribution >= 4 is 24.2 Å². The molecule has 0 aliphatic heterocycles. The van der Waals surface area contributed by atoms with Crippen LogP contribution in [0.25, 0.3) is 0 Å². The van der Waals surface area contributed by atoms with E-state index < -0.39 is 23.3 Å². The predicted molar refractivity (Wildman–Crippen MR) is 175 cm³/mol. The number of aliphatic hydroxyl groups excluding tert-OH is 1. The van der Waals surface area contributed by atoms with E-state index in [0.717, 1.165) is 43.4 Å². The van der Waals surface area contributed by atoms with E-state index in [0.29, 0.717) is 31.6 Å². The van der Waals surface area contributed by atoms with Gasteiger partial charge in [-0.05, 0) is 70.0 Å². The molecule has 2 aromatic carbocycles. The van der Waals surface area contributed by atoms with Crippen LogP contribution in [0.3, 0.4) is 0 Å². The van der Waals surface area contributed by atoms with Crippen molar-refractivity contribution < 1.29 is 14.7 Å². The van der Waals surface area contributed by atoms with Gasteiger partial charge in [0.15, 0.2) is 0 Å². The lowest BCUT2D eigenvalue weighted by molar-refractivity contribution is -0.145. The number of amides is 2. The first kappa shape index (κ1) is 35.3. The number of benzene rings is 2. The molecule has 1 aliphatic rings. The van der Waals surface area contributed by atoms with Crippen LogP contribution in [0.5, 0.6) is 0 Å². The first-order chi connectivity index (χ1) is 19.7. The second-order valence-electron chi connectivity index (χ2n) is 11.6. The average Bonchev–Trinajstić information content (AvgIpc) is 2.96. The number of nitrogens with one attached hydrogen (secondary N) is 1. The van der Waals surface area contributed by atoms with Gasteiger partial charge in [0, 0.05) is 31.1 Å². The molecule has 0 radical (unpaired) electrons. The van der Waals surface area contributed by atoms with Crippen molar-refractivity contribution in [2.24, 2.45) is 17.1 Å². The third-order valence-corrected chi connectivity index (χ3v) is 8.08. The molecular formula is C35H50ClN3O3. The van der Waals surface area contributed by atoms with Gasteiger partial charge in [-0.25, -0.2) is 0 Å². The Hall–Kier alpha value is -2.93. The van der Waals surface area contributed by atoms with Gasteiger partial charge < -0.3 is 21.1 Å². The van der Waals surface area contributed by atoms with E-state index in [1.165, 1.54) is 11.1 Å². The van der Waals surface area contributed by atoms with Crippen molar-refractivity contribution in [3.05, 3.63) is 94.6 Å². The van der Waals surface area contributed by atoms with Gasteiger partial charge in [-0.15, -0.1) is 12.4 Å². The van der Waals surface area contributed by atoms with Crippen molar-refractivity contribution in [2.75, 3.05) is 26.2 Å². The van der Waals surface area contributed by atoms with Gasteiger partial charge in [-0.2, -0.15) is 0 Å². The lowest BCUT2D eigenvalue weighted by Gasteiger charge is -2.45. The summed E-state index contributed by atoms with van der Waals surface area (Å²) in [6.45, 7) is 10.5. The number of hydrogen-bond donors (Lipinski definition) is 3. The largest absolute Gasteiger partial charge is 0.391 e. The number of primary amides is 1. The summed E-state index contributed by atoms with van der Waals surface area (Å²) in [6, 6.07) is 18.6. The Labute approximate surface area is 258 Å². The molecule has 0 fully saturated rings. The summed E-state index contributed by atoms with van der Waals surface area (Å²) in [4.78, 5) is 29.0. The van der Waals surface area contributed by atoms with Crippen molar-refractivity contribution in [2.45, 2.75) is 72.3 Å². The standard InChI is InChI=1S/C35H49N3O3.ClH/c1-5-19-38(20-6-2)34(41)35(23-27(4)21-30(24-35)33(36)40)31(22-29-11-8-7-9-12-29)32(39)25-37-18-10-13-28-16-14-26(3)15-17-28;/h7-9,11-12,14-17,21,23,31-32,37,39H,5-6,10,13,18-20,22,24-25H2,1-4H3,(H2,36,40);1H/t31-,32+,35?;/m1./s1. The van der Waals surface area contributed by atoms with Gasteiger partial charge in [0.25, 0.3) is 0 Å². The molecule has 1 aliphatic carbocycles. The van der Waals surface area contributed by atoms with E-state index in [1.54, 1.807) is 6.08 Å². The first-order valence-electron chi connectivity index (χ1n) is 15.2. The van der Waals surface area contributed by atoms with Crippen LogP contribution in [0.15, 0.2) is 77.9 Å². The van der Waals surface area contributed by atoms with E-state index in [1.807, 2.05) is 48.2 Å². The van der Waals surface area contributed by atoms with E-state index >= 15 is 0 Å². The molecule has 230 valence electrons. The molecule has 1 unspecified atom stereocenters. The number of carbonyl (C=O) groups is 2. The lowest BCUT2D eigenvalue weighted by Crippen LogP contribution is -2.54. The molecule has 2 aromatic rings. The maximum Gasteiger partial charge on any atom is 0.244 e. The number of aliphatic hydroxyl groups is 1. The molecule has 6 nitrogen and oxygen atoms in total. The summed E-state index contributed by atoms with van der Waals surface area (Å²) in [7, 11) is 0. The van der Waals surface area contributed by atoms with Crippen molar-refractivity contribution in [1.29, 1.82) is 0 Å². The molecule has 0 aromatic heterocycles. The second kappa shape index (κ2) is 17.3. The highest BCUT2D eigenvalue weighted by atomic mass is 35.5. The van der Waals surface area contributed by atoms with Gasteiger partial charge in [-0.3, -0.25) is 9.59 Å². The third-order valence-electron chi connectivity index (χ3n) is 8.08. The lowest BCUT2D eigenvalue weighted by atomic mass is 9.63. The highest BCUT2D eigenvalue weighted by molar-refractivity contribution is 5.96. The van der Waals surface area contributed by atoms with Crippen LogP contribution in [-0.4, -0.2) is 54.1 Å². The Bertz CT molecular complexity index is 1190. The number of nitrogens with zero attached hydrogens (tertiary/aromatic N) is 1. The Balaban J connectivity index is 0.00000616. The van der Waals surface area contributed by atoms with Crippen LogP contribution in [0, 0.1) is 18.3 Å². The summed E-state index contributed by atoms with van der Waals surface area (Å²) >= 11 is 0. The monoisotopic (exact) mass is 595 g/mol. The van der Waals surface area contributed by atoms with E-state index in [4.69, 9.17) is 5.73 Å². The molecular weight excluding hydrogens is 546 g/mol. The second-order valence-corrected chi connectivity index (χ2v) is 11.6. The molecule has 3 atom stereocenters. The summed E-state index contributed by atoms with van der Waals surface area (Å²) in [5.74, 6) is -1.02. The van der Waals surface area contributed by atoms with Crippen LogP contribution in [-0.2, 0) is 22.4 Å². The van der Waals surface area contributed by atoms with E-state index in [9.17, 15) is 14.7 Å². The molecule has 0 bridgehead atoms. The Morgan fingerprint density at radius 1 is 1.00 bits per heavy atom. The Morgan fingerprint density at radius 3 is 2.24 bits per heavy atom. The van der Waals surface area contributed by atoms with E-state index in [-0.39, 0.29) is 24.7 Å². The number of aryl methyl sites for hydroxylation is 2. The van der Waals surface area contributed by atoms with Crippen LogP contribution in [0.2, 0.25) is 0 Å². The minimum absolute atomic E-state index is 0. The zero-order valence-electron chi connectivity index (χ0n) is 25.8. The topological polar surface area (TPSA) is 95.7 Å². The Kier molecular flexibility index (Phi) is 14.5. The highest BCUT2D eigenvalue weighted by Gasteiger charge is 2.50. The van der Waals surface area contributed by atoms with Crippen LogP contribution >= 0.6 is 12.4 Å². The Morgan fingerprint density at radius 2 is 1.64 bits per heavy atom. The van der Waals surface area contributed by atoms with Crippen LogP contribution in [0.1, 0.15) is 63.1 Å². The molecule has 42 heavy (non-hydrogen) atoms. The molecule has 7 heteroatoms. The third kappa shape index (κ3) is 9.55. The van der Waals surface area contributed by atoms with Gasteiger partial charge in [0.1, 0.15) is 0 Å². The summed E-state index contributed by atoms with van der Waals surface area (Å²) in [6.07, 6.45) is 7.20.